The van der Waals surface area contributed by atoms with Gasteiger partial charge >= 0.3 is 11.9 Å². The molecule has 1 heterocycles. The number of nitrogens with zero attached hydrogens (tertiary/aromatic N) is 1. The maximum atomic E-state index is 12.5. The molecule has 28 heavy (non-hydrogen) atoms. The second-order valence-corrected chi connectivity index (χ2v) is 5.71. The first kappa shape index (κ1) is 20.6. The van der Waals surface area contributed by atoms with Gasteiger partial charge in [-0.1, -0.05) is 6.07 Å². The smallest absolute Gasteiger partial charge is 0.341 e. The van der Waals surface area contributed by atoms with E-state index < -0.39 is 24.5 Å². The predicted octanol–water partition coefficient (Wildman–Crippen LogP) is 1.80. The molecule has 0 bridgehead atoms. The second-order valence-electron chi connectivity index (χ2n) is 5.71. The van der Waals surface area contributed by atoms with Gasteiger partial charge in [0.1, 0.15) is 17.4 Å². The van der Waals surface area contributed by atoms with Crippen LogP contribution in [0.1, 0.15) is 25.3 Å². The van der Waals surface area contributed by atoms with Crippen LogP contribution in [-0.2, 0) is 19.1 Å². The highest BCUT2D eigenvalue weighted by Gasteiger charge is 2.36. The first-order chi connectivity index (χ1) is 13.3. The molecule has 148 valence electrons. The highest BCUT2D eigenvalue weighted by molar-refractivity contribution is 5.92. The van der Waals surface area contributed by atoms with E-state index in [4.69, 9.17) is 29.8 Å². The summed E-state index contributed by atoms with van der Waals surface area (Å²) < 4.78 is 20.9. The molecule has 9 heteroatoms. The number of hydrogen-bond donors (Lipinski definition) is 2. The average Bonchev–Trinajstić information content (AvgIpc) is 2.65. The van der Waals surface area contributed by atoms with Crippen molar-refractivity contribution in [3.8, 4) is 17.6 Å². The Balaban J connectivity index is 2.60. The number of rotatable bonds is 7. The third-order valence-electron chi connectivity index (χ3n) is 3.97. The van der Waals surface area contributed by atoms with Gasteiger partial charge in [0.15, 0.2) is 18.1 Å². The number of esters is 1. The first-order valence-corrected chi connectivity index (χ1v) is 8.32. The summed E-state index contributed by atoms with van der Waals surface area (Å²) in [7, 11) is 1.41. The zero-order chi connectivity index (χ0) is 20.8. The lowest BCUT2D eigenvalue weighted by molar-refractivity contribution is -0.140. The van der Waals surface area contributed by atoms with E-state index >= 15 is 0 Å². The average molecular weight is 388 g/mol. The van der Waals surface area contributed by atoms with Gasteiger partial charge in [0.05, 0.1) is 25.2 Å². The number of benzene rings is 1. The van der Waals surface area contributed by atoms with Crippen molar-refractivity contribution in [2.24, 2.45) is 5.73 Å². The van der Waals surface area contributed by atoms with Crippen molar-refractivity contribution in [3.05, 3.63) is 46.6 Å². The lowest BCUT2D eigenvalue weighted by Gasteiger charge is -2.27. The van der Waals surface area contributed by atoms with E-state index in [1.54, 1.807) is 26.0 Å². The number of allylic oxidation sites excluding steroid dienone is 2. The van der Waals surface area contributed by atoms with Crippen molar-refractivity contribution >= 4 is 11.9 Å². The molecule has 0 saturated carbocycles. The Kier molecular flexibility index (Phi) is 6.50. The van der Waals surface area contributed by atoms with E-state index in [1.807, 2.05) is 6.07 Å². The van der Waals surface area contributed by atoms with Gasteiger partial charge in [-0.2, -0.15) is 5.26 Å². The number of nitrogens with two attached hydrogens (primary N) is 1. The van der Waals surface area contributed by atoms with Gasteiger partial charge in [-0.3, -0.25) is 0 Å². The fraction of sp³-hybridized carbons (Fsp3) is 0.316. The van der Waals surface area contributed by atoms with Gasteiger partial charge < -0.3 is 29.8 Å². The molecule has 2 rings (SSSR count). The largest absolute Gasteiger partial charge is 0.493 e. The van der Waals surface area contributed by atoms with Crippen LogP contribution in [0.5, 0.6) is 11.5 Å². The summed E-state index contributed by atoms with van der Waals surface area (Å²) in [5.74, 6) is -2.14. The van der Waals surface area contributed by atoms with Gasteiger partial charge in [-0.25, -0.2) is 9.59 Å². The second kappa shape index (κ2) is 8.81. The molecule has 0 radical (unpaired) electrons. The number of carbonyl (C=O) groups excluding carboxylic acids is 1. The third kappa shape index (κ3) is 4.17. The Morgan fingerprint density at radius 2 is 2.07 bits per heavy atom. The van der Waals surface area contributed by atoms with Gasteiger partial charge in [-0.15, -0.1) is 0 Å². The third-order valence-corrected chi connectivity index (χ3v) is 3.97. The van der Waals surface area contributed by atoms with Crippen LogP contribution in [0.2, 0.25) is 0 Å². The lowest BCUT2D eigenvalue weighted by atomic mass is 9.83. The molecule has 0 aromatic heterocycles. The Morgan fingerprint density at radius 1 is 1.36 bits per heavy atom. The van der Waals surface area contributed by atoms with Crippen LogP contribution in [-0.4, -0.2) is 37.4 Å². The molecule has 1 atom stereocenters. The standard InChI is InChI=1S/C19H20N2O7/c1-4-26-19(24)16-10(2)28-18(21)12(8-20)17(16)11-5-6-13(25-3)14(7-11)27-9-15(22)23/h5-7,17H,4,9,21H2,1-3H3,(H,22,23). The van der Waals surface area contributed by atoms with Crippen LogP contribution in [0.4, 0.5) is 0 Å². The van der Waals surface area contributed by atoms with E-state index in [-0.39, 0.29) is 35.1 Å². The lowest BCUT2D eigenvalue weighted by Crippen LogP contribution is -2.25. The topological polar surface area (TPSA) is 141 Å². The van der Waals surface area contributed by atoms with Crippen LogP contribution in [0.15, 0.2) is 41.0 Å². The van der Waals surface area contributed by atoms with Crippen molar-refractivity contribution < 1.29 is 33.6 Å². The summed E-state index contributed by atoms with van der Waals surface area (Å²) in [6.45, 7) is 2.76. The maximum Gasteiger partial charge on any atom is 0.341 e. The summed E-state index contributed by atoms with van der Waals surface area (Å²) >= 11 is 0. The maximum absolute atomic E-state index is 12.5. The van der Waals surface area contributed by atoms with Crippen LogP contribution < -0.4 is 15.2 Å². The molecule has 0 spiro atoms. The molecule has 1 aliphatic rings. The SMILES string of the molecule is CCOC(=O)C1=C(C)OC(N)=C(C#N)C1c1ccc(OC)c(OCC(=O)O)c1. The van der Waals surface area contributed by atoms with Crippen molar-refractivity contribution in [2.45, 2.75) is 19.8 Å². The van der Waals surface area contributed by atoms with E-state index in [0.717, 1.165) is 0 Å². The minimum Gasteiger partial charge on any atom is -0.493 e. The molecule has 0 saturated heterocycles. The van der Waals surface area contributed by atoms with E-state index in [1.165, 1.54) is 13.2 Å². The zero-order valence-electron chi connectivity index (χ0n) is 15.6. The Bertz CT molecular complexity index is 896. The molecule has 1 aromatic rings. The van der Waals surface area contributed by atoms with Crippen LogP contribution in [0.3, 0.4) is 0 Å². The number of carboxylic acids is 1. The Labute approximate surface area is 161 Å². The number of hydrogen-bond acceptors (Lipinski definition) is 8. The molecule has 0 fully saturated rings. The molecule has 1 aliphatic heterocycles. The van der Waals surface area contributed by atoms with E-state index in [0.29, 0.717) is 11.3 Å². The molecular weight excluding hydrogens is 368 g/mol. The van der Waals surface area contributed by atoms with Gasteiger partial charge in [0.25, 0.3) is 0 Å². The number of ether oxygens (including phenoxy) is 4. The Morgan fingerprint density at radius 3 is 2.64 bits per heavy atom. The normalized spacial score (nSPS) is 16.1. The molecule has 3 N–H and O–H groups in total. The van der Waals surface area contributed by atoms with Gasteiger partial charge in [0, 0.05) is 0 Å². The van der Waals surface area contributed by atoms with Crippen molar-refractivity contribution in [2.75, 3.05) is 20.3 Å². The quantitative estimate of drug-likeness (QED) is 0.669. The summed E-state index contributed by atoms with van der Waals surface area (Å²) in [5, 5.41) is 18.4. The predicted molar refractivity (Wildman–Crippen MR) is 96.1 cm³/mol. The molecule has 1 aromatic carbocycles. The first-order valence-electron chi connectivity index (χ1n) is 8.32. The minimum atomic E-state index is -1.16. The Hall–Kier alpha value is -3.67. The summed E-state index contributed by atoms with van der Waals surface area (Å²) in [6.07, 6.45) is 0. The fourth-order valence-corrected chi connectivity index (χ4v) is 2.81. The van der Waals surface area contributed by atoms with E-state index in [2.05, 4.69) is 0 Å². The van der Waals surface area contributed by atoms with Gasteiger partial charge in [-0.05, 0) is 31.5 Å². The highest BCUT2D eigenvalue weighted by Crippen LogP contribution is 2.42. The van der Waals surface area contributed by atoms with Crippen LogP contribution in [0.25, 0.3) is 0 Å². The van der Waals surface area contributed by atoms with Gasteiger partial charge in [0.2, 0.25) is 5.88 Å². The van der Waals surface area contributed by atoms with E-state index in [9.17, 15) is 14.9 Å². The van der Waals surface area contributed by atoms with Crippen molar-refractivity contribution in [1.29, 1.82) is 5.26 Å². The number of carbonyl (C=O) groups is 2. The minimum absolute atomic E-state index is 0.0306. The zero-order valence-corrected chi connectivity index (χ0v) is 15.6. The van der Waals surface area contributed by atoms with Crippen molar-refractivity contribution in [1.82, 2.24) is 0 Å². The fourth-order valence-electron chi connectivity index (χ4n) is 2.81. The molecule has 1 unspecified atom stereocenters. The highest BCUT2D eigenvalue weighted by atomic mass is 16.5. The molecular formula is C19H20N2O7. The number of methoxy groups -OCH3 is 1. The summed E-state index contributed by atoms with van der Waals surface area (Å²) in [5.41, 5.74) is 6.47. The summed E-state index contributed by atoms with van der Waals surface area (Å²) in [6, 6.07) is 6.64. The molecule has 9 nitrogen and oxygen atoms in total. The number of aliphatic carboxylic acids is 1. The summed E-state index contributed by atoms with van der Waals surface area (Å²) in [4.78, 5) is 23.4. The molecule has 0 aliphatic carbocycles. The monoisotopic (exact) mass is 388 g/mol. The van der Waals surface area contributed by atoms with Crippen LogP contribution in [0, 0.1) is 11.3 Å². The molecule has 0 amide bonds. The number of carboxylic acid groups (broad SMARTS) is 1. The van der Waals surface area contributed by atoms with Crippen LogP contribution >= 0.6 is 0 Å². The number of nitriles is 1. The van der Waals surface area contributed by atoms with Crippen molar-refractivity contribution in [3.63, 3.8) is 0 Å².